The molecule has 0 aromatic rings. The van der Waals surface area contributed by atoms with E-state index < -0.39 is 260 Å². The lowest BCUT2D eigenvalue weighted by molar-refractivity contribution is -0.391. The van der Waals surface area contributed by atoms with Crippen LogP contribution in [0.2, 0.25) is 0 Å². The maximum atomic E-state index is 11.4. The van der Waals surface area contributed by atoms with Gasteiger partial charge in [-0.2, -0.15) is 0 Å². The van der Waals surface area contributed by atoms with Crippen LogP contribution < -0.4 is 5.32 Å². The van der Waals surface area contributed by atoms with Gasteiger partial charge >= 0.3 is 0 Å². The first kappa shape index (κ1) is 64.2. The molecule has 24 N–H and O–H groups in total. The van der Waals surface area contributed by atoms with Crippen molar-refractivity contribution in [2.24, 2.45) is 5.92 Å². The largest absolute Gasteiger partial charge is 0.396 e. The molecule has 1 aliphatic carbocycles. The van der Waals surface area contributed by atoms with Crippen molar-refractivity contribution < 1.29 is 170 Å². The lowest BCUT2D eigenvalue weighted by atomic mass is 9.76. The molecular weight excluding hydrogens is 1070 g/mol. The van der Waals surface area contributed by atoms with Crippen molar-refractivity contribution in [2.75, 3.05) is 39.6 Å². The van der Waals surface area contributed by atoms with Crippen LogP contribution in [0.3, 0.4) is 0 Å². The van der Waals surface area contributed by atoms with Crippen LogP contribution in [0.1, 0.15) is 6.92 Å². The predicted molar refractivity (Wildman–Crippen MR) is 237 cm³/mol. The van der Waals surface area contributed by atoms with E-state index >= 15 is 0 Å². The summed E-state index contributed by atoms with van der Waals surface area (Å²) in [7, 11) is 0. The van der Waals surface area contributed by atoms with E-state index in [4.69, 9.17) is 52.1 Å². The van der Waals surface area contributed by atoms with Gasteiger partial charge in [-0.05, 0) is 6.92 Å². The van der Waals surface area contributed by atoms with Crippen molar-refractivity contribution in [2.45, 2.75) is 222 Å². The van der Waals surface area contributed by atoms with E-state index in [0.29, 0.717) is 0 Å². The van der Waals surface area contributed by atoms with Gasteiger partial charge in [-0.1, -0.05) is 0 Å². The summed E-state index contributed by atoms with van der Waals surface area (Å²) in [5, 5.41) is 248. The van der Waals surface area contributed by atoms with E-state index in [0.717, 1.165) is 0 Å². The topological polar surface area (TPSA) is 579 Å². The number of hydrogen-bond acceptors (Lipinski definition) is 35. The second-order valence-corrected chi connectivity index (χ2v) is 20.3. The number of nitrogens with one attached hydrogen (secondary N) is 1. The Hall–Kier alpha value is -1.40. The van der Waals surface area contributed by atoms with Crippen LogP contribution in [-0.2, 0) is 52.1 Å². The van der Waals surface area contributed by atoms with Crippen LogP contribution in [-0.4, -0.2) is 372 Å². The summed E-state index contributed by atoms with van der Waals surface area (Å²) in [6.07, 6.45) is -61.9. The molecule has 0 aromatic carbocycles. The maximum Gasteiger partial charge on any atom is 0.187 e. The number of hydrogen-bond donors (Lipinski definition) is 24. The van der Waals surface area contributed by atoms with Gasteiger partial charge < -0.3 is 175 Å². The minimum absolute atomic E-state index is 0.835. The van der Waals surface area contributed by atoms with E-state index in [9.17, 15) is 117 Å². The van der Waals surface area contributed by atoms with E-state index in [-0.39, 0.29) is 0 Å². The molecule has 35 heteroatoms. The summed E-state index contributed by atoms with van der Waals surface area (Å²) in [4.78, 5) is 0. The number of aliphatic hydroxyl groups is 23. The van der Waals surface area contributed by atoms with E-state index in [1.165, 1.54) is 6.92 Å². The van der Waals surface area contributed by atoms with Crippen LogP contribution in [0.5, 0.6) is 0 Å². The first-order chi connectivity index (χ1) is 36.9. The molecule has 0 radical (unpaired) electrons. The summed E-state index contributed by atoms with van der Waals surface area (Å²) >= 11 is 0. The fourth-order valence-electron chi connectivity index (χ4n) is 10.7. The molecule has 36 atom stereocenters. The molecule has 7 rings (SSSR count). The molecule has 6 aliphatic heterocycles. The molecule has 0 spiro atoms. The van der Waals surface area contributed by atoms with E-state index in [2.05, 4.69) is 5.32 Å². The molecule has 456 valence electrons. The molecule has 6 heterocycles. The molecule has 0 aromatic heterocycles. The Balaban J connectivity index is 0.945. The lowest BCUT2D eigenvalue weighted by Gasteiger charge is -2.51. The third kappa shape index (κ3) is 12.7. The van der Waals surface area contributed by atoms with Gasteiger partial charge in [0, 0.05) is 5.92 Å². The fourth-order valence-corrected chi connectivity index (χ4v) is 10.7. The molecule has 35 nitrogen and oxygen atoms in total. The van der Waals surface area contributed by atoms with Crippen LogP contribution in [0.25, 0.3) is 0 Å². The number of rotatable bonds is 18. The van der Waals surface area contributed by atoms with Crippen molar-refractivity contribution in [1.29, 1.82) is 0 Å². The van der Waals surface area contributed by atoms with Crippen LogP contribution in [0, 0.1) is 5.92 Å². The third-order valence-corrected chi connectivity index (χ3v) is 15.3. The van der Waals surface area contributed by atoms with Gasteiger partial charge in [-0.25, -0.2) is 0 Å². The van der Waals surface area contributed by atoms with Gasteiger partial charge in [-0.15, -0.1) is 0 Å². The van der Waals surface area contributed by atoms with Crippen LogP contribution in [0.15, 0.2) is 0 Å². The molecule has 1 saturated carbocycles. The first-order valence-corrected chi connectivity index (χ1v) is 25.1. The summed E-state index contributed by atoms with van der Waals surface area (Å²) in [6.45, 7) is -4.35. The summed E-state index contributed by atoms with van der Waals surface area (Å²) < 4.78 is 61.2. The Morgan fingerprint density at radius 1 is 0.282 bits per heavy atom. The van der Waals surface area contributed by atoms with Crippen LogP contribution in [0.4, 0.5) is 0 Å². The lowest BCUT2D eigenvalue weighted by Crippen LogP contribution is -2.73. The molecule has 0 amide bonds. The van der Waals surface area contributed by atoms with E-state index in [1.54, 1.807) is 0 Å². The standard InChI is InChI=1S/C43H75NO34/c1-8-15(44-16-17(51)9(2-45)33(22(56)20(16)54)74-40-29(63)21(55)18(52)10(3-46)70-40)19(53)28(62)39(68-8)75-35-12(5-48)71-42(30(64)24(35)58)77-37-14(7-50)73-43(32(66)26(37)60)78-36-13(6-49)72-41(31(65)25(36)59)76-34-11(4-47)69-38(67)27(61)23(34)57/h8-67H,2-7H2,1H3. The zero-order chi connectivity index (χ0) is 57.5. The average molecular weight is 1150 g/mol. The monoisotopic (exact) mass is 1150 g/mol. The average Bonchev–Trinajstić information content (AvgIpc) is 3.43. The van der Waals surface area contributed by atoms with Crippen molar-refractivity contribution in [3.05, 3.63) is 0 Å². The highest BCUT2D eigenvalue weighted by molar-refractivity contribution is 5.07. The second-order valence-electron chi connectivity index (χ2n) is 20.3. The number of aliphatic hydroxyl groups excluding tert-OH is 23. The number of ether oxygens (including phenoxy) is 11. The van der Waals surface area contributed by atoms with Crippen molar-refractivity contribution in [3.63, 3.8) is 0 Å². The zero-order valence-electron chi connectivity index (χ0n) is 41.3. The minimum Gasteiger partial charge on any atom is -0.396 e. The quantitative estimate of drug-likeness (QED) is 0.0606. The van der Waals surface area contributed by atoms with Gasteiger partial charge in [0.25, 0.3) is 0 Å². The first-order valence-electron chi connectivity index (χ1n) is 25.1. The Morgan fingerprint density at radius 3 is 0.987 bits per heavy atom. The van der Waals surface area contributed by atoms with Gasteiger partial charge in [0.05, 0.1) is 70.0 Å². The second kappa shape index (κ2) is 27.1. The maximum absolute atomic E-state index is 11.4. The third-order valence-electron chi connectivity index (χ3n) is 15.3. The predicted octanol–water partition coefficient (Wildman–Crippen LogP) is -16.0. The molecular formula is C43H75NO34. The van der Waals surface area contributed by atoms with Gasteiger partial charge in [-0.3, -0.25) is 0 Å². The molecule has 7 aliphatic rings. The van der Waals surface area contributed by atoms with Gasteiger partial charge in [0.2, 0.25) is 0 Å². The highest BCUT2D eigenvalue weighted by Crippen LogP contribution is 2.38. The van der Waals surface area contributed by atoms with Crippen molar-refractivity contribution in [3.8, 4) is 0 Å². The Bertz CT molecular complexity index is 1830. The highest BCUT2D eigenvalue weighted by atomic mass is 16.8. The normalized spacial score (nSPS) is 54.5. The molecule has 78 heavy (non-hydrogen) atoms. The van der Waals surface area contributed by atoms with Crippen molar-refractivity contribution >= 4 is 0 Å². The summed E-state index contributed by atoms with van der Waals surface area (Å²) in [5.74, 6) is -1.49. The Morgan fingerprint density at radius 2 is 0.590 bits per heavy atom. The van der Waals surface area contributed by atoms with E-state index in [1.807, 2.05) is 0 Å². The van der Waals surface area contributed by atoms with Gasteiger partial charge in [0.1, 0.15) is 146 Å². The molecule has 0 bridgehead atoms. The Kier molecular flexibility index (Phi) is 22.3. The fraction of sp³-hybridized carbons (Fsp3) is 1.00. The van der Waals surface area contributed by atoms with Crippen molar-refractivity contribution in [1.82, 2.24) is 5.32 Å². The molecule has 36 unspecified atom stereocenters. The summed E-state index contributed by atoms with van der Waals surface area (Å²) in [6, 6.07) is -3.06. The summed E-state index contributed by atoms with van der Waals surface area (Å²) in [5.41, 5.74) is 0. The SMILES string of the molecule is CC1OC(OC2C(CO)OC(OC3C(CO)OC(OC4C(CO)OC(OC5C(CO)OC(O)C(O)C5O)C(O)C4O)C(O)C3O)C(O)C2O)C(O)C(O)C1NC1C(O)C(O)C(OC2OC(CO)C(O)C(O)C2O)C(CO)C1O. The Labute approximate surface area is 441 Å². The smallest absolute Gasteiger partial charge is 0.187 e. The molecule has 7 fully saturated rings. The minimum atomic E-state index is -2.18. The van der Waals surface area contributed by atoms with Gasteiger partial charge in [0.15, 0.2) is 37.7 Å². The molecule has 6 saturated heterocycles. The van der Waals surface area contributed by atoms with Crippen LogP contribution >= 0.6 is 0 Å². The zero-order valence-corrected chi connectivity index (χ0v) is 41.3. The highest BCUT2D eigenvalue weighted by Gasteiger charge is 2.59.